The third kappa shape index (κ3) is 1.39. The van der Waals surface area contributed by atoms with Gasteiger partial charge in [0.05, 0.1) is 0 Å². The van der Waals surface area contributed by atoms with Crippen LogP contribution in [-0.2, 0) is 20.4 Å². The molecule has 0 amide bonds. The van der Waals surface area contributed by atoms with E-state index in [-0.39, 0.29) is 20.4 Å². The van der Waals surface area contributed by atoms with E-state index in [0.29, 0.717) is 11.5 Å². The number of fused-ring (bicyclic) bond motifs is 1. The third-order valence-corrected chi connectivity index (χ3v) is 1.28. The zero-order valence-corrected chi connectivity index (χ0v) is 8.24. The van der Waals surface area contributed by atoms with Gasteiger partial charge in [-0.25, -0.2) is 0 Å². The first-order valence-electron chi connectivity index (χ1n) is 2.87. The van der Waals surface area contributed by atoms with Crippen LogP contribution in [-0.4, -0.2) is 10.1 Å². The Balaban J connectivity index is 0.000000605. The fourth-order valence-corrected chi connectivity index (χ4v) is 0.800. The van der Waals surface area contributed by atoms with Gasteiger partial charge in [-0.3, -0.25) is 5.10 Å². The number of aromatic nitrogens is 3. The van der Waals surface area contributed by atoms with Gasteiger partial charge in [0.15, 0.2) is 0 Å². The summed E-state index contributed by atoms with van der Waals surface area (Å²) < 4.78 is 0. The molecular weight excluding hydrogens is 314 g/mol. The first-order valence-corrected chi connectivity index (χ1v) is 2.87. The van der Waals surface area contributed by atoms with Crippen molar-refractivity contribution < 1.29 is 20.4 Å². The molecule has 0 unspecified atom stereocenters. The summed E-state index contributed by atoms with van der Waals surface area (Å²) in [6.45, 7) is 0. The molecule has 0 aliphatic carbocycles. The Labute approximate surface area is 76.8 Å². The van der Waals surface area contributed by atoms with Crippen molar-refractivity contribution in [1.82, 2.24) is 15.2 Å². The molecule has 4 nitrogen and oxygen atoms in total. The van der Waals surface area contributed by atoms with Crippen LogP contribution in [0.25, 0.3) is 11.0 Å². The van der Waals surface area contributed by atoms with Crippen LogP contribution < -0.4 is 10.8 Å². The number of anilines is 1. The molecule has 2 N–H and O–H groups in total. The van der Waals surface area contributed by atoms with Crippen molar-refractivity contribution in [2.75, 3.05) is 5.73 Å². The quantitative estimate of drug-likeness (QED) is 0.752. The maximum atomic E-state index is 5.40. The summed E-state index contributed by atoms with van der Waals surface area (Å²) in [7, 11) is 0. The number of rotatable bonds is 0. The molecule has 0 aromatic carbocycles. The Kier molecular flexibility index (Phi) is 2.23. The van der Waals surface area contributed by atoms with Crippen molar-refractivity contribution in [3.63, 3.8) is 0 Å². The molecule has 1 radical (unpaired) electrons. The molecule has 57 valence electrons. The van der Waals surface area contributed by atoms with E-state index < -0.39 is 0 Å². The second kappa shape index (κ2) is 2.99. The van der Waals surface area contributed by atoms with Crippen LogP contribution in [0, 0.1) is 0 Å². The van der Waals surface area contributed by atoms with Gasteiger partial charge in [0.1, 0.15) is 0 Å². The molecular formula is C6H5N4Re-. The number of nitrogens with zero attached hydrogens (tertiary/aromatic N) is 3. The second-order valence-electron chi connectivity index (χ2n) is 1.99. The molecule has 0 aliphatic heterocycles. The Morgan fingerprint density at radius 3 is 3.00 bits per heavy atom. The molecule has 11 heavy (non-hydrogen) atoms. The minimum atomic E-state index is 0. The summed E-state index contributed by atoms with van der Waals surface area (Å²) in [4.78, 5) is 3.94. The monoisotopic (exact) mass is 320 g/mol. The SMILES string of the molecule is Nc1ccc2cn[n-]c2n1.[Re]. The van der Waals surface area contributed by atoms with Crippen molar-refractivity contribution in [2.45, 2.75) is 0 Å². The van der Waals surface area contributed by atoms with Crippen molar-refractivity contribution >= 4 is 16.9 Å². The maximum absolute atomic E-state index is 5.40. The van der Waals surface area contributed by atoms with Gasteiger partial charge < -0.3 is 15.8 Å². The van der Waals surface area contributed by atoms with Crippen LogP contribution in [0.5, 0.6) is 0 Å². The Bertz CT molecular complexity index is 356. The standard InChI is InChI=1S/C6H5N4.Re/c7-5-2-1-4-3-8-10-6(4)9-5;/h1-3H,(H2-,7,8,9,10);/q-1;. The van der Waals surface area contributed by atoms with Crippen LogP contribution in [0.2, 0.25) is 0 Å². The number of nitrogens with two attached hydrogens (primary N) is 1. The largest absolute Gasteiger partial charge is 0.421 e. The van der Waals surface area contributed by atoms with Crippen molar-refractivity contribution in [3.05, 3.63) is 18.3 Å². The molecule has 0 fully saturated rings. The van der Waals surface area contributed by atoms with E-state index in [0.717, 1.165) is 5.39 Å². The fraction of sp³-hybridized carbons (Fsp3) is 0. The van der Waals surface area contributed by atoms with Gasteiger partial charge in [0, 0.05) is 32.4 Å². The van der Waals surface area contributed by atoms with Crippen LogP contribution in [0.4, 0.5) is 5.82 Å². The van der Waals surface area contributed by atoms with Crippen molar-refractivity contribution in [3.8, 4) is 0 Å². The number of hydrogen-bond donors (Lipinski definition) is 1. The second-order valence-corrected chi connectivity index (χ2v) is 1.99. The topological polar surface area (TPSA) is 65.9 Å². The molecule has 2 aromatic rings. The van der Waals surface area contributed by atoms with Crippen LogP contribution >= 0.6 is 0 Å². The zero-order valence-electron chi connectivity index (χ0n) is 5.53. The van der Waals surface area contributed by atoms with E-state index in [4.69, 9.17) is 5.73 Å². The molecule has 2 aromatic heterocycles. The molecule has 0 aliphatic rings. The third-order valence-electron chi connectivity index (χ3n) is 1.28. The predicted molar refractivity (Wildman–Crippen MR) is 37.3 cm³/mol. The van der Waals surface area contributed by atoms with Gasteiger partial charge >= 0.3 is 0 Å². The minimum Gasteiger partial charge on any atom is -0.421 e. The average Bonchev–Trinajstić information content (AvgIpc) is 2.33. The summed E-state index contributed by atoms with van der Waals surface area (Å²) in [5.41, 5.74) is 6.02. The molecule has 5 heteroatoms. The van der Waals surface area contributed by atoms with E-state index in [2.05, 4.69) is 15.2 Å². The molecule has 0 spiro atoms. The average molecular weight is 319 g/mol. The van der Waals surface area contributed by atoms with Crippen molar-refractivity contribution in [2.24, 2.45) is 0 Å². The van der Waals surface area contributed by atoms with Gasteiger partial charge in [0.25, 0.3) is 0 Å². The van der Waals surface area contributed by atoms with Gasteiger partial charge in [-0.1, -0.05) is 6.07 Å². The van der Waals surface area contributed by atoms with Gasteiger partial charge in [-0.05, 0) is 17.1 Å². The smallest absolute Gasteiger partial charge is 0.0331 e. The maximum Gasteiger partial charge on any atom is 0.0331 e. The van der Waals surface area contributed by atoms with E-state index >= 15 is 0 Å². The molecule has 2 rings (SSSR count). The van der Waals surface area contributed by atoms with E-state index in [1.807, 2.05) is 6.07 Å². The van der Waals surface area contributed by atoms with Crippen LogP contribution in [0.1, 0.15) is 0 Å². The van der Waals surface area contributed by atoms with E-state index in [1.54, 1.807) is 12.3 Å². The summed E-state index contributed by atoms with van der Waals surface area (Å²) >= 11 is 0. The van der Waals surface area contributed by atoms with E-state index in [9.17, 15) is 0 Å². The minimum absolute atomic E-state index is 0. The first-order chi connectivity index (χ1) is 4.86. The summed E-state index contributed by atoms with van der Waals surface area (Å²) in [5.74, 6) is 0.480. The summed E-state index contributed by atoms with van der Waals surface area (Å²) in [6.07, 6.45) is 1.65. The van der Waals surface area contributed by atoms with Gasteiger partial charge in [-0.2, -0.15) is 0 Å². The molecule has 0 saturated carbocycles. The fourth-order valence-electron chi connectivity index (χ4n) is 0.800. The molecule has 2 heterocycles. The molecule has 0 bridgehead atoms. The summed E-state index contributed by atoms with van der Waals surface area (Å²) in [5, 5.41) is 8.34. The number of hydrogen-bond acceptors (Lipinski definition) is 3. The van der Waals surface area contributed by atoms with Crippen LogP contribution in [0.3, 0.4) is 0 Å². The molecule has 0 saturated heterocycles. The number of nitrogen functional groups attached to an aromatic ring is 1. The first kappa shape index (κ1) is 8.18. The van der Waals surface area contributed by atoms with Gasteiger partial charge in [0.2, 0.25) is 0 Å². The van der Waals surface area contributed by atoms with Gasteiger partial charge in [-0.15, -0.1) is 0 Å². The predicted octanol–water partition coefficient (Wildman–Crippen LogP) is 0.167. The zero-order chi connectivity index (χ0) is 6.97. The van der Waals surface area contributed by atoms with Crippen LogP contribution in [0.15, 0.2) is 18.3 Å². The normalized spacial score (nSPS) is 9.45. The van der Waals surface area contributed by atoms with Crippen molar-refractivity contribution in [1.29, 1.82) is 0 Å². The molecule has 0 atom stereocenters. The number of pyridine rings is 1. The Morgan fingerprint density at radius 2 is 2.18 bits per heavy atom. The summed E-state index contributed by atoms with van der Waals surface area (Å²) in [6, 6.07) is 3.57. The Morgan fingerprint density at radius 1 is 1.36 bits per heavy atom. The van der Waals surface area contributed by atoms with E-state index in [1.165, 1.54) is 0 Å². The Hall–Kier alpha value is -0.918.